The lowest BCUT2D eigenvalue weighted by molar-refractivity contribution is -0.870. The van der Waals surface area contributed by atoms with E-state index in [4.69, 9.17) is 0 Å². The number of carbonyl (C=O) groups excluding carboxylic acids is 6. The van der Waals surface area contributed by atoms with Gasteiger partial charge in [0.05, 0.1) is 166 Å². The van der Waals surface area contributed by atoms with Crippen LogP contribution in [-0.4, -0.2) is 366 Å². The number of rotatable bonds is 51. The second-order valence-electron chi connectivity index (χ2n) is 29.2. The zero-order valence-corrected chi connectivity index (χ0v) is 63.2. The van der Waals surface area contributed by atoms with Crippen LogP contribution >= 0.6 is 0 Å². The van der Waals surface area contributed by atoms with Crippen molar-refractivity contribution in [2.45, 2.75) is 77.0 Å². The molecule has 22 nitrogen and oxygen atoms in total. The Morgan fingerprint density at radius 1 is 0.216 bits per heavy atom. The summed E-state index contributed by atoms with van der Waals surface area (Å²) in [6, 6.07) is 0. The number of hydrogen-bond donors (Lipinski definition) is 6. The second kappa shape index (κ2) is 53.5. The van der Waals surface area contributed by atoms with Crippen molar-refractivity contribution < 1.29 is 130 Å². The lowest BCUT2D eigenvalue weighted by Crippen LogP contribution is -3.00. The minimum Gasteiger partial charge on any atom is -1.00 e. The molecule has 0 unspecified atom stereocenters. The molecule has 88 heavy (non-hydrogen) atoms. The highest BCUT2D eigenvalue weighted by Gasteiger charge is 2.20. The topological polar surface area (TPSA) is 188 Å². The fraction of sp³-hybridized carbons (Fsp3) is 0.900. The number of hydrogen-bond acceptors (Lipinski definition) is 10. The molecule has 0 aromatic carbocycles. The Balaban J connectivity index is -0.00000219. The Morgan fingerprint density at radius 3 is 0.443 bits per heavy atom. The first-order chi connectivity index (χ1) is 37.9. The van der Waals surface area contributed by atoms with E-state index in [9.17, 15) is 28.8 Å². The number of nitrogens with zero attached hydrogens (tertiary/aromatic N) is 10. The monoisotopic (exact) mass is 1380 g/mol. The van der Waals surface area contributed by atoms with Crippen molar-refractivity contribution in [3.8, 4) is 0 Å². The normalized spacial score (nSPS) is 11.9. The first-order valence-electron chi connectivity index (χ1n) is 31.2. The molecule has 6 N–H and O–H groups in total. The van der Waals surface area contributed by atoms with Gasteiger partial charge in [-0.05, 0) is 0 Å². The number of nitrogens with one attached hydrogen (secondary N) is 6. The summed E-state index contributed by atoms with van der Waals surface area (Å²) in [5.74, 6) is -0.0615. The lowest BCUT2D eigenvalue weighted by Gasteiger charge is -2.32. The van der Waals surface area contributed by atoms with E-state index in [1.54, 1.807) is 0 Å². The molecule has 0 aromatic rings. The van der Waals surface area contributed by atoms with Gasteiger partial charge < -0.3 is 148 Å². The second-order valence-corrected chi connectivity index (χ2v) is 29.2. The van der Waals surface area contributed by atoms with E-state index in [1.807, 2.05) is 0 Å². The molecule has 530 valence electrons. The van der Waals surface area contributed by atoms with Crippen LogP contribution in [0.4, 0.5) is 0 Å². The maximum absolute atomic E-state index is 13.3. The van der Waals surface area contributed by atoms with Crippen LogP contribution in [0, 0.1) is 0 Å². The van der Waals surface area contributed by atoms with Crippen LogP contribution in [0.2, 0.25) is 0 Å². The summed E-state index contributed by atoms with van der Waals surface area (Å²) in [5, 5.41) is 18.7. The number of carbonyl (C=O) groups is 6. The molecule has 0 aliphatic heterocycles. The van der Waals surface area contributed by atoms with E-state index in [-0.39, 0.29) is 110 Å². The minimum absolute atomic E-state index is 0. The first kappa shape index (κ1) is 99.7. The molecule has 0 fully saturated rings. The van der Waals surface area contributed by atoms with Crippen LogP contribution in [0.15, 0.2) is 0 Å². The van der Waals surface area contributed by atoms with Gasteiger partial charge in [-0.1, -0.05) is 0 Å². The van der Waals surface area contributed by atoms with Crippen LogP contribution in [0.5, 0.6) is 0 Å². The fourth-order valence-corrected chi connectivity index (χ4v) is 8.97. The molecule has 0 aromatic heterocycles. The molecule has 0 saturated carbocycles. The summed E-state index contributed by atoms with van der Waals surface area (Å²) < 4.78 is 4.95. The van der Waals surface area contributed by atoms with Crippen LogP contribution in [0.1, 0.15) is 77.0 Å². The Kier molecular flexibility index (Phi) is 60.6. The van der Waals surface area contributed by atoms with Gasteiger partial charge in [-0.15, -0.1) is 0 Å². The Hall–Kier alpha value is -1.84. The molecule has 0 saturated heterocycles. The van der Waals surface area contributed by atoms with Crippen molar-refractivity contribution in [3.63, 3.8) is 0 Å². The summed E-state index contributed by atoms with van der Waals surface area (Å²) in [5.41, 5.74) is 0. The lowest BCUT2D eigenvalue weighted by atomic mass is 10.2. The third-order valence-electron chi connectivity index (χ3n) is 14.1. The standard InChI is InChI=1S/C60H126N16O6.6ClH/c1-71(2,3)49-19-31-61-55(77)25-37-67(38-26-56(78)62-32-20-50-72(4,5)6)43-46-70(47-44-68(39-27-57(79)63-33-21-51-73(7,8)9)40-28-58(80)64-34-22-52-74(10,11)12)48-45-69(41-29-59(81)65-35-23-53-75(13,14)15)42-30-60(82)66-36-24-54-76(16,17)18;;;;;;/h19-54H2,1-18H3;6*1H. The molecule has 0 spiro atoms. The van der Waals surface area contributed by atoms with Crippen LogP contribution < -0.4 is 106 Å². The third kappa shape index (κ3) is 70.0. The summed E-state index contributed by atoms with van der Waals surface area (Å²) in [4.78, 5) is 88.8. The van der Waals surface area contributed by atoms with Gasteiger partial charge in [-0.3, -0.25) is 33.7 Å². The summed E-state index contributed by atoms with van der Waals surface area (Å²) in [6.07, 6.45) is 7.10. The molecule has 0 atom stereocenters. The van der Waals surface area contributed by atoms with E-state index >= 15 is 0 Å². The molecular weight excluding hydrogens is 1250 g/mol. The zero-order chi connectivity index (χ0) is 62.5. The predicted octanol–water partition coefficient (Wildman–Crippen LogP) is -18.2. The highest BCUT2D eigenvalue weighted by atomic mass is 35.5. The fourth-order valence-electron chi connectivity index (χ4n) is 8.97. The summed E-state index contributed by atoms with van der Waals surface area (Å²) in [7, 11) is 38.6. The van der Waals surface area contributed by atoms with Crippen LogP contribution in [0.25, 0.3) is 0 Å². The van der Waals surface area contributed by atoms with Gasteiger partial charge in [0.2, 0.25) is 35.4 Å². The molecule has 6 amide bonds. The van der Waals surface area contributed by atoms with Crippen LogP contribution in [-0.2, 0) is 28.8 Å². The molecule has 0 rings (SSSR count). The number of quaternary nitrogens is 6. The molecular formula is C60H132Cl6N16O6. The van der Waals surface area contributed by atoms with E-state index in [2.05, 4.69) is 178 Å². The Morgan fingerprint density at radius 2 is 0.330 bits per heavy atom. The van der Waals surface area contributed by atoms with E-state index in [1.165, 1.54) is 0 Å². The molecule has 0 radical (unpaired) electrons. The summed E-state index contributed by atoms with van der Waals surface area (Å²) in [6.45, 7) is 15.9. The van der Waals surface area contributed by atoms with Gasteiger partial charge in [0.1, 0.15) is 0 Å². The highest BCUT2D eigenvalue weighted by molar-refractivity contribution is 5.78. The first-order valence-corrected chi connectivity index (χ1v) is 31.2. The highest BCUT2D eigenvalue weighted by Crippen LogP contribution is 2.06. The van der Waals surface area contributed by atoms with Crippen molar-refractivity contribution in [2.75, 3.05) is 284 Å². The number of halogens is 6. The minimum atomic E-state index is -0.0103. The largest absolute Gasteiger partial charge is 1.00 e. The molecule has 0 aliphatic carbocycles. The van der Waals surface area contributed by atoms with Gasteiger partial charge >= 0.3 is 0 Å². The maximum atomic E-state index is 13.3. The van der Waals surface area contributed by atoms with Gasteiger partial charge in [0.25, 0.3) is 0 Å². The average molecular weight is 1390 g/mol. The Labute approximate surface area is 574 Å². The maximum Gasteiger partial charge on any atom is 0.221 e. The molecule has 0 heterocycles. The number of amides is 6. The van der Waals surface area contributed by atoms with Gasteiger partial charge in [-0.25, -0.2) is 0 Å². The third-order valence-corrected chi connectivity index (χ3v) is 14.1. The molecule has 28 heteroatoms. The molecule has 0 aliphatic rings. The quantitative estimate of drug-likeness (QED) is 0.0253. The SMILES string of the molecule is C[N+](C)(C)CCCNC(=O)CCN(CCC(=O)NCCC[N+](C)(C)C)CCN(CCN(CCC(=O)NCCC[N+](C)(C)C)CCC(=O)NCCC[N+](C)(C)C)CCN(CCC(=O)NCCC[N+](C)(C)C)CCC(=O)NCCC[N+](C)(C)C.[Cl-].[Cl-].[Cl-].[Cl-].[Cl-].[Cl-]. The van der Waals surface area contributed by atoms with Gasteiger partial charge in [0.15, 0.2) is 0 Å². The van der Waals surface area contributed by atoms with Crippen molar-refractivity contribution in [1.29, 1.82) is 0 Å². The van der Waals surface area contributed by atoms with Crippen molar-refractivity contribution in [2.24, 2.45) is 0 Å². The zero-order valence-electron chi connectivity index (χ0n) is 58.6. The van der Waals surface area contributed by atoms with E-state index in [0.29, 0.717) is 156 Å². The smallest absolute Gasteiger partial charge is 0.221 e. The van der Waals surface area contributed by atoms with Gasteiger partial charge in [-0.2, -0.15) is 0 Å². The van der Waals surface area contributed by atoms with Crippen molar-refractivity contribution in [1.82, 2.24) is 51.5 Å². The van der Waals surface area contributed by atoms with E-state index < -0.39 is 0 Å². The van der Waals surface area contributed by atoms with Gasteiger partial charge in [0, 0.05) is 195 Å². The van der Waals surface area contributed by atoms with Crippen LogP contribution in [0.3, 0.4) is 0 Å². The predicted molar refractivity (Wildman–Crippen MR) is 337 cm³/mol. The molecule has 0 bridgehead atoms. The van der Waals surface area contributed by atoms with Crippen molar-refractivity contribution >= 4 is 35.4 Å². The van der Waals surface area contributed by atoms with Crippen molar-refractivity contribution in [3.05, 3.63) is 0 Å². The van der Waals surface area contributed by atoms with E-state index in [0.717, 1.165) is 105 Å². The Bertz CT molecular complexity index is 1480. The average Bonchev–Trinajstić information content (AvgIpc) is 3.34. The summed E-state index contributed by atoms with van der Waals surface area (Å²) >= 11 is 0.